The molecule has 1 N–H and O–H groups in total. The van der Waals surface area contributed by atoms with Crippen LogP contribution < -0.4 is 5.32 Å². The van der Waals surface area contributed by atoms with Gasteiger partial charge in [0.2, 0.25) is 6.43 Å². The Morgan fingerprint density at radius 1 is 1.33 bits per heavy atom. The minimum absolute atomic E-state index is 0.671. The van der Waals surface area contributed by atoms with E-state index >= 15 is 0 Å². The molecule has 1 amide bonds. The van der Waals surface area contributed by atoms with Gasteiger partial charge in [0.05, 0.1) is 0 Å². The second-order valence-corrected chi connectivity index (χ2v) is 1.93. The second-order valence-electron chi connectivity index (χ2n) is 1.93. The Kier molecular flexibility index (Phi) is 3.91. The van der Waals surface area contributed by atoms with Crippen molar-refractivity contribution in [3.05, 3.63) is 0 Å². The van der Waals surface area contributed by atoms with Crippen molar-refractivity contribution < 1.29 is 26.7 Å². The summed E-state index contributed by atoms with van der Waals surface area (Å²) in [4.78, 5) is 9.97. The zero-order valence-corrected chi connectivity index (χ0v) is 5.79. The lowest BCUT2D eigenvalue weighted by Crippen LogP contribution is -2.37. The van der Waals surface area contributed by atoms with E-state index < -0.39 is 31.5 Å². The lowest BCUT2D eigenvalue weighted by Gasteiger charge is -2.06. The zero-order valence-electron chi connectivity index (χ0n) is 5.79. The minimum atomic E-state index is -5.00. The molecule has 0 radical (unpaired) electrons. The smallest absolute Gasteiger partial charge is 0.348 e. The van der Waals surface area contributed by atoms with E-state index in [1.165, 1.54) is 5.32 Å². The van der Waals surface area contributed by atoms with E-state index in [0.717, 1.165) is 0 Å². The van der Waals surface area contributed by atoms with Crippen molar-refractivity contribution in [3.63, 3.8) is 0 Å². The lowest BCUT2D eigenvalue weighted by atomic mass is 10.4. The average Bonchev–Trinajstić information content (AvgIpc) is 1.84. The Bertz CT molecular complexity index is 154. The summed E-state index contributed by atoms with van der Waals surface area (Å²) in [7, 11) is 0. The number of hydrogen-bond donors (Lipinski definition) is 1. The summed E-state index contributed by atoms with van der Waals surface area (Å²) in [6, 6.07) is 0. The number of alkyl halides is 5. The summed E-state index contributed by atoms with van der Waals surface area (Å²) in [5.41, 5.74) is 0. The zero-order chi connectivity index (χ0) is 9.78. The maximum atomic E-state index is 11.4. The number of halogens is 5. The molecular formula is C5H6F5NO. The summed E-state index contributed by atoms with van der Waals surface area (Å²) in [5.74, 6) is -2.19. The van der Waals surface area contributed by atoms with Crippen molar-refractivity contribution in [2.75, 3.05) is 6.54 Å². The van der Waals surface area contributed by atoms with Crippen LogP contribution in [-0.4, -0.2) is 25.1 Å². The van der Waals surface area contributed by atoms with Crippen molar-refractivity contribution in [3.8, 4) is 0 Å². The second kappa shape index (κ2) is 4.22. The average molecular weight is 191 g/mol. The highest BCUT2D eigenvalue weighted by Crippen LogP contribution is 2.13. The topological polar surface area (TPSA) is 29.1 Å². The first-order valence-corrected chi connectivity index (χ1v) is 2.97. The number of amides is 1. The standard InChI is InChI=1S/C5H6F5NO/c6-3(7)1-2-11-4(12)5(8,9)10/h3H,1-2H2,(H,11,12). The molecule has 0 unspecified atom stereocenters. The van der Waals surface area contributed by atoms with Crippen LogP contribution in [-0.2, 0) is 4.79 Å². The van der Waals surface area contributed by atoms with E-state index in [1.54, 1.807) is 0 Å². The molecule has 12 heavy (non-hydrogen) atoms. The van der Waals surface area contributed by atoms with E-state index in [9.17, 15) is 26.7 Å². The Labute approximate surface area is 64.7 Å². The molecule has 0 aromatic heterocycles. The highest BCUT2D eigenvalue weighted by atomic mass is 19.4. The molecular weight excluding hydrogens is 185 g/mol. The Hall–Kier alpha value is -0.880. The fourth-order valence-corrected chi connectivity index (χ4v) is 0.395. The van der Waals surface area contributed by atoms with Crippen molar-refractivity contribution in [1.82, 2.24) is 5.32 Å². The van der Waals surface area contributed by atoms with Crippen LogP contribution in [0.5, 0.6) is 0 Å². The molecule has 72 valence electrons. The highest BCUT2D eigenvalue weighted by Gasteiger charge is 2.38. The van der Waals surface area contributed by atoms with Gasteiger partial charge in [0, 0.05) is 13.0 Å². The summed E-state index contributed by atoms with van der Waals surface area (Å²) in [6.45, 7) is -0.671. The number of rotatable bonds is 3. The molecule has 2 nitrogen and oxygen atoms in total. The fourth-order valence-electron chi connectivity index (χ4n) is 0.395. The molecule has 0 fully saturated rings. The highest BCUT2D eigenvalue weighted by molar-refractivity contribution is 5.81. The predicted octanol–water partition coefficient (Wildman–Crippen LogP) is 1.32. The van der Waals surface area contributed by atoms with Crippen molar-refractivity contribution in [2.45, 2.75) is 19.0 Å². The number of nitrogens with one attached hydrogen (secondary N) is 1. The van der Waals surface area contributed by atoms with Crippen LogP contribution in [0.3, 0.4) is 0 Å². The van der Waals surface area contributed by atoms with Gasteiger partial charge in [-0.15, -0.1) is 0 Å². The van der Waals surface area contributed by atoms with Gasteiger partial charge in [-0.2, -0.15) is 13.2 Å². The Morgan fingerprint density at radius 3 is 2.17 bits per heavy atom. The van der Waals surface area contributed by atoms with Gasteiger partial charge in [-0.1, -0.05) is 0 Å². The lowest BCUT2D eigenvalue weighted by molar-refractivity contribution is -0.173. The van der Waals surface area contributed by atoms with E-state index in [1.807, 2.05) is 0 Å². The third-order valence-electron chi connectivity index (χ3n) is 0.906. The van der Waals surface area contributed by atoms with Crippen LogP contribution in [0.15, 0.2) is 0 Å². The van der Waals surface area contributed by atoms with Gasteiger partial charge in [-0.3, -0.25) is 4.79 Å². The van der Waals surface area contributed by atoms with Gasteiger partial charge in [-0.25, -0.2) is 8.78 Å². The summed E-state index contributed by atoms with van der Waals surface area (Å²) in [6.07, 6.45) is -8.48. The van der Waals surface area contributed by atoms with Gasteiger partial charge >= 0.3 is 12.1 Å². The van der Waals surface area contributed by atoms with Gasteiger partial charge in [-0.05, 0) is 0 Å². The molecule has 0 aromatic carbocycles. The van der Waals surface area contributed by atoms with Gasteiger partial charge in [0.25, 0.3) is 0 Å². The van der Waals surface area contributed by atoms with Crippen molar-refractivity contribution in [2.24, 2.45) is 0 Å². The van der Waals surface area contributed by atoms with Crippen LogP contribution in [0.1, 0.15) is 6.42 Å². The van der Waals surface area contributed by atoms with E-state index in [-0.39, 0.29) is 0 Å². The van der Waals surface area contributed by atoms with Crippen LogP contribution in [0.2, 0.25) is 0 Å². The molecule has 0 atom stereocenters. The normalized spacial score (nSPS) is 11.8. The van der Waals surface area contributed by atoms with Crippen LogP contribution in [0.4, 0.5) is 22.0 Å². The fraction of sp³-hybridized carbons (Fsp3) is 0.800. The SMILES string of the molecule is O=C(NCCC(F)F)C(F)(F)F. The molecule has 0 bridgehead atoms. The molecule has 0 saturated carbocycles. The maximum absolute atomic E-state index is 11.4. The Balaban J connectivity index is 3.59. The van der Waals surface area contributed by atoms with Gasteiger partial charge < -0.3 is 5.32 Å². The molecule has 0 aliphatic carbocycles. The van der Waals surface area contributed by atoms with Gasteiger partial charge in [0.1, 0.15) is 0 Å². The summed E-state index contributed by atoms with van der Waals surface area (Å²) >= 11 is 0. The van der Waals surface area contributed by atoms with E-state index in [2.05, 4.69) is 0 Å². The quantitative estimate of drug-likeness (QED) is 0.669. The summed E-state index contributed by atoms with van der Waals surface area (Å²) in [5, 5.41) is 1.31. The molecule has 0 rings (SSSR count). The van der Waals surface area contributed by atoms with Crippen molar-refractivity contribution in [1.29, 1.82) is 0 Å². The van der Waals surface area contributed by atoms with E-state index in [0.29, 0.717) is 0 Å². The molecule has 0 spiro atoms. The molecule has 0 heterocycles. The first-order chi connectivity index (χ1) is 5.34. The largest absolute Gasteiger partial charge is 0.471 e. The number of hydrogen-bond acceptors (Lipinski definition) is 1. The van der Waals surface area contributed by atoms with E-state index in [4.69, 9.17) is 0 Å². The number of carbonyl (C=O) groups excluding carboxylic acids is 1. The molecule has 7 heteroatoms. The third kappa shape index (κ3) is 4.86. The van der Waals surface area contributed by atoms with Crippen molar-refractivity contribution >= 4 is 5.91 Å². The molecule has 0 aliphatic rings. The van der Waals surface area contributed by atoms with Gasteiger partial charge in [0.15, 0.2) is 0 Å². The molecule has 0 aromatic rings. The Morgan fingerprint density at radius 2 is 1.83 bits per heavy atom. The monoisotopic (exact) mass is 191 g/mol. The summed E-state index contributed by atoms with van der Waals surface area (Å²) < 4.78 is 56.8. The maximum Gasteiger partial charge on any atom is 0.471 e. The van der Waals surface area contributed by atoms with Crippen LogP contribution in [0, 0.1) is 0 Å². The van der Waals surface area contributed by atoms with Crippen LogP contribution >= 0.6 is 0 Å². The number of carbonyl (C=O) groups is 1. The van der Waals surface area contributed by atoms with Crippen LogP contribution in [0.25, 0.3) is 0 Å². The minimum Gasteiger partial charge on any atom is -0.348 e. The third-order valence-corrected chi connectivity index (χ3v) is 0.906. The molecule has 0 saturated heterocycles. The predicted molar refractivity (Wildman–Crippen MR) is 29.7 cm³/mol. The first-order valence-electron chi connectivity index (χ1n) is 2.97. The molecule has 0 aliphatic heterocycles. The first kappa shape index (κ1) is 11.1.